The van der Waals surface area contributed by atoms with Crippen molar-refractivity contribution in [2.24, 2.45) is 0 Å². The van der Waals surface area contributed by atoms with E-state index in [4.69, 9.17) is 32.9 Å². The van der Waals surface area contributed by atoms with Gasteiger partial charge in [0.1, 0.15) is 11.9 Å². The molecule has 3 aromatic rings. The molecule has 0 aliphatic carbocycles. The second-order valence-corrected chi connectivity index (χ2v) is 7.34. The minimum absolute atomic E-state index is 0.0702. The molecule has 1 atom stereocenters. The third-order valence-corrected chi connectivity index (χ3v) is 5.34. The fraction of sp³-hybridized carbons (Fsp3) is 0.333. The summed E-state index contributed by atoms with van der Waals surface area (Å²) in [6.07, 6.45) is 1.22. The predicted octanol–water partition coefficient (Wildman–Crippen LogP) is 4.65. The molecule has 0 radical (unpaired) electrons. The zero-order valence-electron chi connectivity index (χ0n) is 15.9. The number of ether oxygens (including phenoxy) is 1. The smallest absolute Gasteiger partial charge is 0.243 e. The molecule has 0 saturated carbocycles. The Labute approximate surface area is 174 Å². The number of methoxy groups -OCH3 is 1. The lowest BCUT2D eigenvalue weighted by molar-refractivity contribution is -0.124. The molecule has 2 aromatic carbocycles. The molecular weight excluding hydrogens is 397 g/mol. The molecule has 5 nitrogen and oxygen atoms in total. The first-order valence-corrected chi connectivity index (χ1v) is 9.97. The van der Waals surface area contributed by atoms with Crippen molar-refractivity contribution in [2.75, 3.05) is 20.3 Å². The van der Waals surface area contributed by atoms with Gasteiger partial charge in [-0.25, -0.2) is 4.98 Å². The molecule has 0 fully saturated rings. The first kappa shape index (κ1) is 20.6. The van der Waals surface area contributed by atoms with Crippen LogP contribution in [0.4, 0.5) is 0 Å². The Kier molecular flexibility index (Phi) is 6.94. The second-order valence-electron chi connectivity index (χ2n) is 6.52. The quantitative estimate of drug-likeness (QED) is 0.540. The molecule has 1 amide bonds. The third kappa shape index (κ3) is 4.49. The van der Waals surface area contributed by atoms with Gasteiger partial charge in [-0.2, -0.15) is 0 Å². The number of imidazole rings is 1. The average Bonchev–Trinajstić information content (AvgIpc) is 3.01. The molecule has 148 valence electrons. The number of fused-ring (bicyclic) bond motifs is 1. The summed E-state index contributed by atoms with van der Waals surface area (Å²) in [5, 5.41) is 3.82. The summed E-state index contributed by atoms with van der Waals surface area (Å²) in [4.78, 5) is 17.6. The van der Waals surface area contributed by atoms with E-state index in [0.717, 1.165) is 22.4 Å². The molecule has 0 unspecified atom stereocenters. The van der Waals surface area contributed by atoms with Crippen LogP contribution >= 0.6 is 23.2 Å². The van der Waals surface area contributed by atoms with Crippen molar-refractivity contribution in [3.05, 3.63) is 63.9 Å². The van der Waals surface area contributed by atoms with E-state index in [-0.39, 0.29) is 5.91 Å². The summed E-state index contributed by atoms with van der Waals surface area (Å²) < 4.78 is 7.01. The monoisotopic (exact) mass is 419 g/mol. The van der Waals surface area contributed by atoms with Gasteiger partial charge < -0.3 is 14.6 Å². The lowest BCUT2D eigenvalue weighted by Crippen LogP contribution is -2.35. The maximum atomic E-state index is 12.9. The molecule has 1 aromatic heterocycles. The number of aromatic nitrogens is 2. The van der Waals surface area contributed by atoms with E-state index in [0.29, 0.717) is 36.0 Å². The molecule has 0 spiro atoms. The van der Waals surface area contributed by atoms with E-state index in [1.165, 1.54) is 0 Å². The van der Waals surface area contributed by atoms with Gasteiger partial charge in [-0.05, 0) is 24.1 Å². The minimum atomic E-state index is -0.405. The van der Waals surface area contributed by atoms with E-state index in [9.17, 15) is 4.79 Å². The largest absolute Gasteiger partial charge is 0.383 e. The summed E-state index contributed by atoms with van der Waals surface area (Å²) in [5.41, 5.74) is 2.64. The van der Waals surface area contributed by atoms with Gasteiger partial charge in [0, 0.05) is 20.1 Å². The number of rotatable bonds is 8. The van der Waals surface area contributed by atoms with Crippen molar-refractivity contribution in [2.45, 2.75) is 25.8 Å². The van der Waals surface area contributed by atoms with Crippen LogP contribution in [-0.2, 0) is 16.0 Å². The van der Waals surface area contributed by atoms with Crippen molar-refractivity contribution in [1.82, 2.24) is 14.9 Å². The van der Waals surface area contributed by atoms with Crippen molar-refractivity contribution in [3.8, 4) is 0 Å². The van der Waals surface area contributed by atoms with Crippen molar-refractivity contribution in [3.63, 3.8) is 0 Å². The van der Waals surface area contributed by atoms with Gasteiger partial charge in [-0.3, -0.25) is 4.79 Å². The Balaban J connectivity index is 2.07. The van der Waals surface area contributed by atoms with Crippen molar-refractivity contribution in [1.29, 1.82) is 0 Å². The minimum Gasteiger partial charge on any atom is -0.383 e. The number of carbonyl (C=O) groups excluding carboxylic acids is 1. The predicted molar refractivity (Wildman–Crippen MR) is 113 cm³/mol. The average molecular weight is 420 g/mol. The third-order valence-electron chi connectivity index (χ3n) is 4.62. The molecule has 3 rings (SSSR count). The van der Waals surface area contributed by atoms with Gasteiger partial charge in [0.15, 0.2) is 0 Å². The van der Waals surface area contributed by atoms with E-state index in [1.54, 1.807) is 19.2 Å². The fourth-order valence-electron chi connectivity index (χ4n) is 3.27. The standard InChI is InChI=1S/C21H23Cl2N3O2/c1-3-18(21(27)24-9-10-28-2)26-19-13-16(23)15(22)12-17(19)25-20(26)11-14-7-5-4-6-8-14/h4-8,12-13,18H,3,9-11H2,1-2H3,(H,24,27)/t18-/m1/s1. The maximum Gasteiger partial charge on any atom is 0.243 e. The summed E-state index contributed by atoms with van der Waals surface area (Å²) in [6, 6.07) is 13.2. The summed E-state index contributed by atoms with van der Waals surface area (Å²) in [5.74, 6) is 0.729. The Bertz CT molecular complexity index is 957. The van der Waals surface area contributed by atoms with Crippen LogP contribution in [-0.4, -0.2) is 35.7 Å². The van der Waals surface area contributed by atoms with Crippen LogP contribution in [0.15, 0.2) is 42.5 Å². The van der Waals surface area contributed by atoms with Gasteiger partial charge in [0.05, 0.1) is 27.7 Å². The molecule has 7 heteroatoms. The van der Waals surface area contributed by atoms with Gasteiger partial charge >= 0.3 is 0 Å². The lowest BCUT2D eigenvalue weighted by Gasteiger charge is -2.20. The summed E-state index contributed by atoms with van der Waals surface area (Å²) in [7, 11) is 1.61. The SMILES string of the molecule is CC[C@H](C(=O)NCCOC)n1c(Cc2ccccc2)nc2cc(Cl)c(Cl)cc21. The molecule has 0 bridgehead atoms. The Morgan fingerprint density at radius 1 is 1.21 bits per heavy atom. The number of benzene rings is 2. The molecule has 0 aliphatic heterocycles. The number of carbonyl (C=O) groups is 1. The number of halogens is 2. The highest BCUT2D eigenvalue weighted by atomic mass is 35.5. The molecule has 28 heavy (non-hydrogen) atoms. The Morgan fingerprint density at radius 3 is 2.61 bits per heavy atom. The molecular formula is C21H23Cl2N3O2. The van der Waals surface area contributed by atoms with Crippen molar-refractivity contribution >= 4 is 40.1 Å². The van der Waals surface area contributed by atoms with Crippen LogP contribution in [0.2, 0.25) is 10.0 Å². The number of hydrogen-bond acceptors (Lipinski definition) is 3. The number of nitrogens with one attached hydrogen (secondary N) is 1. The van der Waals surface area contributed by atoms with E-state index in [1.807, 2.05) is 41.8 Å². The number of nitrogens with zero attached hydrogens (tertiary/aromatic N) is 2. The fourth-order valence-corrected chi connectivity index (χ4v) is 3.59. The normalized spacial score (nSPS) is 12.3. The zero-order valence-corrected chi connectivity index (χ0v) is 17.4. The van der Waals surface area contributed by atoms with Gasteiger partial charge in [-0.15, -0.1) is 0 Å². The summed E-state index contributed by atoms with van der Waals surface area (Å²) in [6.45, 7) is 2.90. The van der Waals surface area contributed by atoms with Crippen LogP contribution in [0, 0.1) is 0 Å². The number of hydrogen-bond donors (Lipinski definition) is 1. The Hall–Kier alpha value is -2.08. The summed E-state index contributed by atoms with van der Waals surface area (Å²) >= 11 is 12.5. The van der Waals surface area contributed by atoms with Crippen LogP contribution in [0.3, 0.4) is 0 Å². The lowest BCUT2D eigenvalue weighted by atomic mass is 10.1. The number of amides is 1. The molecule has 1 heterocycles. The van der Waals surface area contributed by atoms with Gasteiger partial charge in [0.25, 0.3) is 0 Å². The zero-order chi connectivity index (χ0) is 20.1. The second kappa shape index (κ2) is 9.41. The molecule has 0 aliphatic rings. The highest BCUT2D eigenvalue weighted by Crippen LogP contribution is 2.31. The molecule has 0 saturated heterocycles. The first-order valence-electron chi connectivity index (χ1n) is 9.21. The van der Waals surface area contributed by atoms with E-state index in [2.05, 4.69) is 5.32 Å². The van der Waals surface area contributed by atoms with E-state index < -0.39 is 6.04 Å². The maximum absolute atomic E-state index is 12.9. The highest BCUT2D eigenvalue weighted by molar-refractivity contribution is 6.42. The van der Waals surface area contributed by atoms with Gasteiger partial charge in [0.2, 0.25) is 5.91 Å². The first-order chi connectivity index (χ1) is 13.5. The topological polar surface area (TPSA) is 56.1 Å². The van der Waals surface area contributed by atoms with Crippen molar-refractivity contribution < 1.29 is 9.53 Å². The molecule has 1 N–H and O–H groups in total. The van der Waals surface area contributed by atoms with Crippen LogP contribution < -0.4 is 5.32 Å². The van der Waals surface area contributed by atoms with Crippen LogP contribution in [0.1, 0.15) is 30.8 Å². The highest BCUT2D eigenvalue weighted by Gasteiger charge is 2.24. The van der Waals surface area contributed by atoms with E-state index >= 15 is 0 Å². The van der Waals surface area contributed by atoms with Crippen LogP contribution in [0.25, 0.3) is 11.0 Å². The van der Waals surface area contributed by atoms with Gasteiger partial charge in [-0.1, -0.05) is 60.5 Å². The Morgan fingerprint density at radius 2 is 1.93 bits per heavy atom. The van der Waals surface area contributed by atoms with Crippen LogP contribution in [0.5, 0.6) is 0 Å².